The van der Waals surface area contributed by atoms with Crippen LogP contribution in [0, 0.1) is 0 Å². The molecule has 0 saturated heterocycles. The van der Waals surface area contributed by atoms with Crippen molar-refractivity contribution in [2.45, 2.75) is 19.3 Å². The zero-order chi connectivity index (χ0) is 7.28. The molecule has 0 radical (unpaired) electrons. The highest BCUT2D eigenvalue weighted by atomic mass is 16.6. The molecule has 4 heteroatoms. The maximum atomic E-state index is 8.69. The molecule has 56 valence electrons. The van der Waals surface area contributed by atoms with E-state index < -0.39 is 19.0 Å². The first-order valence-corrected chi connectivity index (χ1v) is 2.81. The molecule has 0 spiro atoms. The fourth-order valence-corrected chi connectivity index (χ4v) is 0.372. The summed E-state index contributed by atoms with van der Waals surface area (Å²) in [5, 5.41) is 25.6. The predicted octanol–water partition coefficient (Wildman–Crippen LogP) is -1.31. The SMILES string of the molecule is CCO[C@@H](O)[C@@H](O)CO. The van der Waals surface area contributed by atoms with Gasteiger partial charge in [-0.1, -0.05) is 0 Å². The third-order valence-electron chi connectivity index (χ3n) is 0.854. The van der Waals surface area contributed by atoms with E-state index in [4.69, 9.17) is 15.3 Å². The molecule has 2 atom stereocenters. The largest absolute Gasteiger partial charge is 0.393 e. The minimum Gasteiger partial charge on any atom is -0.393 e. The molecule has 0 rings (SSSR count). The number of aliphatic hydroxyl groups excluding tert-OH is 3. The molecule has 0 amide bonds. The standard InChI is InChI=1S/C5H12O4/c1-2-9-5(8)4(7)3-6/h4-8H,2-3H2,1H3/t4-,5+/m0/s1. The number of rotatable bonds is 4. The summed E-state index contributed by atoms with van der Waals surface area (Å²) in [5.41, 5.74) is 0. The highest BCUT2D eigenvalue weighted by Gasteiger charge is 2.13. The summed E-state index contributed by atoms with van der Waals surface area (Å²) < 4.78 is 4.54. The Balaban J connectivity index is 3.32. The summed E-state index contributed by atoms with van der Waals surface area (Å²) in [6.45, 7) is 1.52. The van der Waals surface area contributed by atoms with E-state index in [1.165, 1.54) is 0 Å². The summed E-state index contributed by atoms with van der Waals surface area (Å²) in [7, 11) is 0. The van der Waals surface area contributed by atoms with Crippen molar-refractivity contribution in [1.82, 2.24) is 0 Å². The molecule has 0 aliphatic rings. The zero-order valence-corrected chi connectivity index (χ0v) is 5.32. The summed E-state index contributed by atoms with van der Waals surface area (Å²) in [5.74, 6) is 0. The lowest BCUT2D eigenvalue weighted by atomic mass is 10.4. The van der Waals surface area contributed by atoms with Crippen LogP contribution >= 0.6 is 0 Å². The Morgan fingerprint density at radius 3 is 2.33 bits per heavy atom. The maximum Gasteiger partial charge on any atom is 0.183 e. The van der Waals surface area contributed by atoms with Crippen molar-refractivity contribution in [3.63, 3.8) is 0 Å². The van der Waals surface area contributed by atoms with E-state index in [9.17, 15) is 0 Å². The second-order valence-electron chi connectivity index (χ2n) is 1.60. The Labute approximate surface area is 53.7 Å². The lowest BCUT2D eigenvalue weighted by Gasteiger charge is -2.14. The van der Waals surface area contributed by atoms with Crippen LogP contribution in [0.4, 0.5) is 0 Å². The molecule has 3 N–H and O–H groups in total. The number of hydrogen-bond donors (Lipinski definition) is 3. The molecular weight excluding hydrogens is 124 g/mol. The van der Waals surface area contributed by atoms with Crippen molar-refractivity contribution in [1.29, 1.82) is 0 Å². The number of hydrogen-bond acceptors (Lipinski definition) is 4. The highest BCUT2D eigenvalue weighted by molar-refractivity contribution is 4.53. The van der Waals surface area contributed by atoms with E-state index in [1.807, 2.05) is 0 Å². The molecule has 0 heterocycles. The van der Waals surface area contributed by atoms with E-state index in [0.29, 0.717) is 6.61 Å². The van der Waals surface area contributed by atoms with Gasteiger partial charge in [0.15, 0.2) is 6.29 Å². The predicted molar refractivity (Wildman–Crippen MR) is 30.7 cm³/mol. The molecular formula is C5H12O4. The first-order valence-electron chi connectivity index (χ1n) is 2.81. The number of ether oxygens (including phenoxy) is 1. The molecule has 0 aliphatic carbocycles. The molecule has 0 saturated carbocycles. The minimum absolute atomic E-state index is 0.318. The Kier molecular flexibility index (Phi) is 4.61. The third-order valence-corrected chi connectivity index (χ3v) is 0.854. The van der Waals surface area contributed by atoms with Crippen LogP contribution in [0.1, 0.15) is 6.92 Å². The Bertz CT molecular complexity index is 66.0. The van der Waals surface area contributed by atoms with Crippen LogP contribution in [0.15, 0.2) is 0 Å². The van der Waals surface area contributed by atoms with Crippen LogP contribution in [0.3, 0.4) is 0 Å². The van der Waals surface area contributed by atoms with Gasteiger partial charge in [-0.2, -0.15) is 0 Å². The topological polar surface area (TPSA) is 69.9 Å². The van der Waals surface area contributed by atoms with Gasteiger partial charge in [-0.05, 0) is 6.92 Å². The normalized spacial score (nSPS) is 17.3. The smallest absolute Gasteiger partial charge is 0.183 e. The van der Waals surface area contributed by atoms with Gasteiger partial charge in [0, 0.05) is 6.61 Å². The van der Waals surface area contributed by atoms with E-state index in [1.54, 1.807) is 6.92 Å². The molecule has 4 nitrogen and oxygen atoms in total. The molecule has 9 heavy (non-hydrogen) atoms. The molecule has 0 aromatic rings. The van der Waals surface area contributed by atoms with Crippen LogP contribution in [0.2, 0.25) is 0 Å². The minimum atomic E-state index is -1.26. The summed E-state index contributed by atoms with van der Waals surface area (Å²) in [6, 6.07) is 0. The van der Waals surface area contributed by atoms with Gasteiger partial charge in [-0.15, -0.1) is 0 Å². The van der Waals surface area contributed by atoms with Gasteiger partial charge < -0.3 is 20.1 Å². The Hall–Kier alpha value is -0.160. The Morgan fingerprint density at radius 1 is 1.44 bits per heavy atom. The second kappa shape index (κ2) is 4.69. The molecule has 0 aromatic heterocycles. The summed E-state index contributed by atoms with van der Waals surface area (Å²) >= 11 is 0. The van der Waals surface area contributed by atoms with Crippen molar-refractivity contribution in [2.75, 3.05) is 13.2 Å². The highest BCUT2D eigenvalue weighted by Crippen LogP contribution is 1.92. The molecule has 0 aromatic carbocycles. The van der Waals surface area contributed by atoms with Gasteiger partial charge >= 0.3 is 0 Å². The zero-order valence-electron chi connectivity index (χ0n) is 5.32. The van der Waals surface area contributed by atoms with Gasteiger partial charge in [0.1, 0.15) is 6.10 Å². The quantitative estimate of drug-likeness (QED) is 0.420. The van der Waals surface area contributed by atoms with Gasteiger partial charge in [-0.25, -0.2) is 0 Å². The van der Waals surface area contributed by atoms with Crippen LogP contribution in [0.25, 0.3) is 0 Å². The average Bonchev–Trinajstić information content (AvgIpc) is 1.87. The first-order chi connectivity index (χ1) is 4.22. The van der Waals surface area contributed by atoms with Gasteiger partial charge in [0.05, 0.1) is 6.61 Å². The second-order valence-corrected chi connectivity index (χ2v) is 1.60. The van der Waals surface area contributed by atoms with E-state index >= 15 is 0 Å². The first kappa shape index (κ1) is 8.84. The van der Waals surface area contributed by atoms with Crippen LogP contribution in [-0.2, 0) is 4.74 Å². The van der Waals surface area contributed by atoms with E-state index in [-0.39, 0.29) is 0 Å². The van der Waals surface area contributed by atoms with Crippen molar-refractivity contribution in [3.05, 3.63) is 0 Å². The molecule has 0 unspecified atom stereocenters. The van der Waals surface area contributed by atoms with Crippen LogP contribution in [-0.4, -0.2) is 40.9 Å². The van der Waals surface area contributed by atoms with Gasteiger partial charge in [0.25, 0.3) is 0 Å². The Morgan fingerprint density at radius 2 is 2.00 bits per heavy atom. The maximum absolute atomic E-state index is 8.69. The van der Waals surface area contributed by atoms with Crippen LogP contribution < -0.4 is 0 Å². The monoisotopic (exact) mass is 136 g/mol. The lowest BCUT2D eigenvalue weighted by Crippen LogP contribution is -2.31. The summed E-state index contributed by atoms with van der Waals surface area (Å²) in [4.78, 5) is 0. The summed E-state index contributed by atoms with van der Waals surface area (Å²) in [6.07, 6.45) is -2.45. The number of aliphatic hydroxyl groups is 3. The fourth-order valence-electron chi connectivity index (χ4n) is 0.372. The van der Waals surface area contributed by atoms with Crippen molar-refractivity contribution < 1.29 is 20.1 Å². The third kappa shape index (κ3) is 3.42. The van der Waals surface area contributed by atoms with Crippen molar-refractivity contribution in [3.8, 4) is 0 Å². The fraction of sp³-hybridized carbons (Fsp3) is 1.00. The van der Waals surface area contributed by atoms with Crippen LogP contribution in [0.5, 0.6) is 0 Å². The molecule has 0 aliphatic heterocycles. The van der Waals surface area contributed by atoms with Gasteiger partial charge in [-0.3, -0.25) is 0 Å². The van der Waals surface area contributed by atoms with Crippen molar-refractivity contribution in [2.24, 2.45) is 0 Å². The molecule has 0 fully saturated rings. The molecule has 0 bridgehead atoms. The van der Waals surface area contributed by atoms with E-state index in [0.717, 1.165) is 0 Å². The van der Waals surface area contributed by atoms with E-state index in [2.05, 4.69) is 4.74 Å². The lowest BCUT2D eigenvalue weighted by molar-refractivity contribution is -0.168. The average molecular weight is 136 g/mol. The van der Waals surface area contributed by atoms with Crippen molar-refractivity contribution >= 4 is 0 Å². The van der Waals surface area contributed by atoms with Gasteiger partial charge in [0.2, 0.25) is 0 Å².